The monoisotopic (exact) mass is 226 g/mol. The first-order valence-electron chi connectivity index (χ1n) is 6.92. The molecule has 2 saturated heterocycles. The molecule has 3 nitrogen and oxygen atoms in total. The van der Waals surface area contributed by atoms with E-state index in [2.05, 4.69) is 17.1 Å². The maximum Gasteiger partial charge on any atom is 0.0622 e. The maximum atomic E-state index is 5.49. The number of likely N-dealkylation sites (tertiary alicyclic amines) is 1. The first-order chi connectivity index (χ1) is 7.90. The van der Waals surface area contributed by atoms with E-state index in [1.165, 1.54) is 51.9 Å². The van der Waals surface area contributed by atoms with Crippen LogP contribution in [0.25, 0.3) is 0 Å². The molecule has 2 aliphatic rings. The van der Waals surface area contributed by atoms with E-state index in [-0.39, 0.29) is 0 Å². The van der Waals surface area contributed by atoms with Gasteiger partial charge >= 0.3 is 0 Å². The van der Waals surface area contributed by atoms with Gasteiger partial charge in [-0.1, -0.05) is 6.92 Å². The quantitative estimate of drug-likeness (QED) is 0.719. The molecule has 0 aromatic carbocycles. The van der Waals surface area contributed by atoms with Crippen molar-refractivity contribution in [2.45, 2.75) is 38.6 Å². The third kappa shape index (κ3) is 3.44. The summed E-state index contributed by atoms with van der Waals surface area (Å²) in [6, 6.07) is 0.717. The lowest BCUT2D eigenvalue weighted by atomic mass is 9.96. The molecule has 2 aliphatic heterocycles. The number of piperidine rings is 1. The Kier molecular flexibility index (Phi) is 5.07. The second-order valence-corrected chi connectivity index (χ2v) is 5.22. The maximum absolute atomic E-state index is 5.49. The lowest BCUT2D eigenvalue weighted by Crippen LogP contribution is -2.45. The zero-order valence-corrected chi connectivity index (χ0v) is 10.6. The number of rotatable bonds is 5. The molecule has 16 heavy (non-hydrogen) atoms. The fourth-order valence-corrected chi connectivity index (χ4v) is 2.89. The van der Waals surface area contributed by atoms with Crippen molar-refractivity contribution in [3.63, 3.8) is 0 Å². The van der Waals surface area contributed by atoms with Crippen molar-refractivity contribution in [1.29, 1.82) is 0 Å². The third-order valence-electron chi connectivity index (χ3n) is 3.83. The van der Waals surface area contributed by atoms with Gasteiger partial charge in [-0.25, -0.2) is 0 Å². The Balaban J connectivity index is 1.70. The van der Waals surface area contributed by atoms with Crippen molar-refractivity contribution in [2.75, 3.05) is 39.4 Å². The van der Waals surface area contributed by atoms with Gasteiger partial charge < -0.3 is 10.1 Å². The van der Waals surface area contributed by atoms with Crippen LogP contribution in [-0.2, 0) is 4.74 Å². The Bertz CT molecular complexity index is 192. The minimum absolute atomic E-state index is 0.717. The lowest BCUT2D eigenvalue weighted by Gasteiger charge is -2.36. The minimum atomic E-state index is 0.717. The zero-order valence-electron chi connectivity index (χ0n) is 10.6. The van der Waals surface area contributed by atoms with Gasteiger partial charge in [0.1, 0.15) is 0 Å². The molecular weight excluding hydrogens is 200 g/mol. The molecule has 94 valence electrons. The number of hydrogen-bond acceptors (Lipinski definition) is 3. The second-order valence-electron chi connectivity index (χ2n) is 5.22. The lowest BCUT2D eigenvalue weighted by molar-refractivity contribution is 0.103. The predicted molar refractivity (Wildman–Crippen MR) is 66.7 cm³/mol. The highest BCUT2D eigenvalue weighted by Crippen LogP contribution is 2.21. The highest BCUT2D eigenvalue weighted by molar-refractivity contribution is 4.82. The van der Waals surface area contributed by atoms with E-state index in [1.807, 2.05) is 0 Å². The van der Waals surface area contributed by atoms with Gasteiger partial charge in [-0.15, -0.1) is 0 Å². The molecule has 0 spiro atoms. The van der Waals surface area contributed by atoms with Crippen LogP contribution in [0.3, 0.4) is 0 Å². The van der Waals surface area contributed by atoms with Gasteiger partial charge in [-0.2, -0.15) is 0 Å². The SMILES string of the molecule is CCCNCC1CCCN(C2CCOC2)C1. The molecule has 0 aromatic rings. The highest BCUT2D eigenvalue weighted by atomic mass is 16.5. The third-order valence-corrected chi connectivity index (χ3v) is 3.83. The number of ether oxygens (including phenoxy) is 1. The van der Waals surface area contributed by atoms with Crippen LogP contribution in [0.15, 0.2) is 0 Å². The number of nitrogens with one attached hydrogen (secondary N) is 1. The van der Waals surface area contributed by atoms with Crippen LogP contribution in [-0.4, -0.2) is 50.3 Å². The summed E-state index contributed by atoms with van der Waals surface area (Å²) in [5, 5.41) is 3.56. The van der Waals surface area contributed by atoms with Crippen molar-refractivity contribution >= 4 is 0 Å². The molecule has 2 heterocycles. The first kappa shape index (κ1) is 12.3. The van der Waals surface area contributed by atoms with Gasteiger partial charge in [0.15, 0.2) is 0 Å². The molecule has 2 atom stereocenters. The first-order valence-corrected chi connectivity index (χ1v) is 6.92. The Morgan fingerprint density at radius 1 is 1.38 bits per heavy atom. The summed E-state index contributed by atoms with van der Waals surface area (Å²) < 4.78 is 5.49. The molecule has 0 bridgehead atoms. The Morgan fingerprint density at radius 3 is 3.06 bits per heavy atom. The Morgan fingerprint density at radius 2 is 2.31 bits per heavy atom. The molecule has 0 amide bonds. The second kappa shape index (κ2) is 6.58. The van der Waals surface area contributed by atoms with Crippen molar-refractivity contribution in [1.82, 2.24) is 10.2 Å². The molecule has 0 aromatic heterocycles. The zero-order chi connectivity index (χ0) is 11.2. The molecule has 0 radical (unpaired) electrons. The van der Waals surface area contributed by atoms with E-state index >= 15 is 0 Å². The van der Waals surface area contributed by atoms with Crippen molar-refractivity contribution in [2.24, 2.45) is 5.92 Å². The van der Waals surface area contributed by atoms with E-state index in [0.717, 1.165) is 19.1 Å². The van der Waals surface area contributed by atoms with E-state index in [4.69, 9.17) is 4.74 Å². The molecule has 0 aliphatic carbocycles. The van der Waals surface area contributed by atoms with E-state index < -0.39 is 0 Å². The summed E-state index contributed by atoms with van der Waals surface area (Å²) >= 11 is 0. The van der Waals surface area contributed by atoms with Crippen LogP contribution >= 0.6 is 0 Å². The van der Waals surface area contributed by atoms with Crippen LogP contribution < -0.4 is 5.32 Å². The van der Waals surface area contributed by atoms with Gasteiger partial charge in [-0.3, -0.25) is 4.90 Å². The predicted octanol–water partition coefficient (Wildman–Crippen LogP) is 1.49. The van der Waals surface area contributed by atoms with Gasteiger partial charge in [0.05, 0.1) is 6.61 Å². The van der Waals surface area contributed by atoms with E-state index in [1.54, 1.807) is 0 Å². The summed E-state index contributed by atoms with van der Waals surface area (Å²) in [7, 11) is 0. The normalized spacial score (nSPS) is 32.1. The van der Waals surface area contributed by atoms with Crippen LogP contribution in [0.2, 0.25) is 0 Å². The summed E-state index contributed by atoms with van der Waals surface area (Å²) in [5.74, 6) is 0.862. The molecule has 2 fully saturated rings. The van der Waals surface area contributed by atoms with Gasteiger partial charge in [-0.05, 0) is 51.2 Å². The van der Waals surface area contributed by atoms with E-state index in [0.29, 0.717) is 6.04 Å². The summed E-state index contributed by atoms with van der Waals surface area (Å²) in [6.45, 7) is 9.12. The molecule has 3 heteroatoms. The Hall–Kier alpha value is -0.120. The molecule has 2 unspecified atom stereocenters. The van der Waals surface area contributed by atoms with Crippen LogP contribution in [0.1, 0.15) is 32.6 Å². The minimum Gasteiger partial charge on any atom is -0.380 e. The molecule has 0 saturated carbocycles. The Labute approximate surface area is 99.5 Å². The highest BCUT2D eigenvalue weighted by Gasteiger charge is 2.27. The summed E-state index contributed by atoms with van der Waals surface area (Å²) in [6.07, 6.45) is 5.26. The fraction of sp³-hybridized carbons (Fsp3) is 1.00. The summed E-state index contributed by atoms with van der Waals surface area (Å²) in [5.41, 5.74) is 0. The van der Waals surface area contributed by atoms with Crippen molar-refractivity contribution < 1.29 is 4.74 Å². The molecule has 2 rings (SSSR count). The smallest absolute Gasteiger partial charge is 0.0622 e. The molecule has 1 N–H and O–H groups in total. The number of hydrogen-bond donors (Lipinski definition) is 1. The fourth-order valence-electron chi connectivity index (χ4n) is 2.89. The van der Waals surface area contributed by atoms with Crippen molar-refractivity contribution in [3.8, 4) is 0 Å². The average molecular weight is 226 g/mol. The van der Waals surface area contributed by atoms with Gasteiger partial charge in [0.25, 0.3) is 0 Å². The standard InChI is InChI=1S/C13H26N2O/c1-2-6-14-9-12-4-3-7-15(10-12)13-5-8-16-11-13/h12-14H,2-11H2,1H3. The summed E-state index contributed by atoms with van der Waals surface area (Å²) in [4.78, 5) is 2.66. The topological polar surface area (TPSA) is 24.5 Å². The number of nitrogens with zero attached hydrogens (tertiary/aromatic N) is 1. The average Bonchev–Trinajstić information content (AvgIpc) is 2.83. The van der Waals surface area contributed by atoms with Gasteiger partial charge in [0.2, 0.25) is 0 Å². The molecular formula is C13H26N2O. The largest absolute Gasteiger partial charge is 0.380 e. The van der Waals surface area contributed by atoms with Crippen molar-refractivity contribution in [3.05, 3.63) is 0 Å². The van der Waals surface area contributed by atoms with Crippen LogP contribution in [0.5, 0.6) is 0 Å². The van der Waals surface area contributed by atoms with Crippen LogP contribution in [0, 0.1) is 5.92 Å². The van der Waals surface area contributed by atoms with E-state index in [9.17, 15) is 0 Å². The van der Waals surface area contributed by atoms with Gasteiger partial charge in [0, 0.05) is 19.2 Å². The van der Waals surface area contributed by atoms with Crippen LogP contribution in [0.4, 0.5) is 0 Å².